The molecule has 42 heavy (non-hydrogen) atoms. The van der Waals surface area contributed by atoms with Crippen LogP contribution in [0.3, 0.4) is 0 Å². The number of pyridine rings is 1. The zero-order valence-electron chi connectivity index (χ0n) is 22.6. The van der Waals surface area contributed by atoms with Crippen molar-refractivity contribution in [2.75, 3.05) is 42.9 Å². The Morgan fingerprint density at radius 2 is 1.79 bits per heavy atom. The number of anilines is 2. The van der Waals surface area contributed by atoms with Crippen molar-refractivity contribution in [1.82, 2.24) is 19.5 Å². The minimum Gasteiger partial charge on any atom is -0.480 e. The molecule has 0 radical (unpaired) electrons. The molecule has 0 saturated carbocycles. The van der Waals surface area contributed by atoms with Crippen LogP contribution in [0.25, 0.3) is 16.6 Å². The lowest BCUT2D eigenvalue weighted by molar-refractivity contribution is -0.126. The SMILES string of the molecule is COc1ncc(-c2cc3c(N4CCN(C(=O)/C=C/C(C)=O)CC4)ccnn3c2)cc1NS(=O)(=O)c1ccc(F)cc1F. The summed E-state index contributed by atoms with van der Waals surface area (Å²) in [6.07, 6.45) is 7.46. The monoisotopic (exact) mass is 596 g/mol. The van der Waals surface area contributed by atoms with Crippen LogP contribution in [0.2, 0.25) is 0 Å². The molecule has 1 fully saturated rings. The number of benzene rings is 1. The summed E-state index contributed by atoms with van der Waals surface area (Å²) < 4.78 is 62.6. The van der Waals surface area contributed by atoms with E-state index in [-0.39, 0.29) is 23.3 Å². The predicted octanol–water partition coefficient (Wildman–Crippen LogP) is 3.28. The van der Waals surface area contributed by atoms with Crippen LogP contribution in [0.15, 0.2) is 72.0 Å². The number of nitrogens with zero attached hydrogens (tertiary/aromatic N) is 5. The standard InChI is InChI=1S/C28H26F2N6O5S/c1-18(37)3-6-27(38)35-11-9-34(10-12-35)24-7-8-32-36-17-20(14-25(24)36)19-13-23(28(41-2)31-16-19)33-42(39,40)26-5-4-21(29)15-22(26)30/h3-8,13-17,33H,9-12H2,1-2H3/b6-3+. The van der Waals surface area contributed by atoms with Gasteiger partial charge in [0.2, 0.25) is 11.8 Å². The Hall–Kier alpha value is -4.85. The van der Waals surface area contributed by atoms with Gasteiger partial charge in [-0.15, -0.1) is 0 Å². The van der Waals surface area contributed by atoms with E-state index < -0.39 is 26.6 Å². The number of nitrogens with one attached hydrogen (secondary N) is 1. The van der Waals surface area contributed by atoms with Gasteiger partial charge in [0.15, 0.2) is 5.78 Å². The molecule has 218 valence electrons. The van der Waals surface area contributed by atoms with Crippen molar-refractivity contribution in [2.24, 2.45) is 0 Å². The predicted molar refractivity (Wildman–Crippen MR) is 151 cm³/mol. The van der Waals surface area contributed by atoms with Crippen LogP contribution in [0.1, 0.15) is 6.92 Å². The van der Waals surface area contributed by atoms with Gasteiger partial charge in [-0.1, -0.05) is 0 Å². The highest BCUT2D eigenvalue weighted by Crippen LogP contribution is 2.33. The van der Waals surface area contributed by atoms with E-state index in [1.807, 2.05) is 12.1 Å². The average Bonchev–Trinajstić information content (AvgIpc) is 3.40. The minimum absolute atomic E-state index is 0.0400. The lowest BCUT2D eigenvalue weighted by Gasteiger charge is -2.35. The summed E-state index contributed by atoms with van der Waals surface area (Å²) >= 11 is 0. The molecule has 0 atom stereocenters. The molecule has 4 heterocycles. The van der Waals surface area contributed by atoms with E-state index in [0.717, 1.165) is 23.3 Å². The lowest BCUT2D eigenvalue weighted by atomic mass is 10.1. The number of methoxy groups -OCH3 is 1. The summed E-state index contributed by atoms with van der Waals surface area (Å²) in [5, 5.41) is 4.39. The fourth-order valence-corrected chi connectivity index (χ4v) is 5.73. The number of ether oxygens (including phenoxy) is 1. The molecule has 0 bridgehead atoms. The molecule has 0 spiro atoms. The molecule has 1 aliphatic heterocycles. The summed E-state index contributed by atoms with van der Waals surface area (Å²) in [7, 11) is -3.13. The van der Waals surface area contributed by atoms with Crippen LogP contribution >= 0.6 is 0 Å². The van der Waals surface area contributed by atoms with Crippen molar-refractivity contribution in [3.63, 3.8) is 0 Å². The number of hydrogen-bond acceptors (Lipinski definition) is 8. The van der Waals surface area contributed by atoms with E-state index >= 15 is 0 Å². The molecule has 3 aromatic heterocycles. The van der Waals surface area contributed by atoms with E-state index in [0.29, 0.717) is 43.4 Å². The number of rotatable bonds is 8. The third-order valence-corrected chi connectivity index (χ3v) is 8.08. The normalized spacial score (nSPS) is 14.0. The molecule has 1 aliphatic rings. The summed E-state index contributed by atoms with van der Waals surface area (Å²) in [6.45, 7) is 3.47. The van der Waals surface area contributed by atoms with Crippen molar-refractivity contribution >= 4 is 38.6 Å². The molecule has 14 heteroatoms. The number of hydrogen-bond donors (Lipinski definition) is 1. The van der Waals surface area contributed by atoms with E-state index in [2.05, 4.69) is 19.7 Å². The second-order valence-electron chi connectivity index (χ2n) is 9.49. The van der Waals surface area contributed by atoms with Gasteiger partial charge in [0.05, 0.1) is 18.3 Å². The zero-order chi connectivity index (χ0) is 30.0. The Kier molecular flexibility index (Phi) is 7.89. The topological polar surface area (TPSA) is 126 Å². The number of allylic oxidation sites excluding steroid dienone is 1. The van der Waals surface area contributed by atoms with E-state index in [1.54, 1.807) is 21.8 Å². The first-order valence-corrected chi connectivity index (χ1v) is 14.3. The number of piperazine rings is 1. The fourth-order valence-electron chi connectivity index (χ4n) is 4.63. The highest BCUT2D eigenvalue weighted by atomic mass is 32.2. The smallest absolute Gasteiger partial charge is 0.264 e. The van der Waals surface area contributed by atoms with Gasteiger partial charge in [0.1, 0.15) is 22.2 Å². The molecule has 0 aliphatic carbocycles. The molecule has 11 nitrogen and oxygen atoms in total. The number of sulfonamides is 1. The molecule has 1 saturated heterocycles. The van der Waals surface area contributed by atoms with Gasteiger partial charge in [-0.3, -0.25) is 14.3 Å². The molecular formula is C28H26F2N6O5S. The quantitative estimate of drug-likeness (QED) is 0.307. The second kappa shape index (κ2) is 11.6. The largest absolute Gasteiger partial charge is 0.480 e. The molecular weight excluding hydrogens is 570 g/mol. The van der Waals surface area contributed by atoms with Crippen molar-refractivity contribution in [1.29, 1.82) is 0 Å². The summed E-state index contributed by atoms with van der Waals surface area (Å²) in [4.78, 5) is 30.8. The number of aromatic nitrogens is 3. The second-order valence-corrected chi connectivity index (χ2v) is 11.1. The van der Waals surface area contributed by atoms with Crippen molar-refractivity contribution in [2.45, 2.75) is 11.8 Å². The highest BCUT2D eigenvalue weighted by molar-refractivity contribution is 7.92. The van der Waals surface area contributed by atoms with Gasteiger partial charge < -0.3 is 14.5 Å². The van der Waals surface area contributed by atoms with Crippen molar-refractivity contribution < 1.29 is 31.5 Å². The van der Waals surface area contributed by atoms with E-state index in [4.69, 9.17) is 4.74 Å². The number of carbonyl (C=O) groups excluding carboxylic acids is 2. The first-order chi connectivity index (χ1) is 20.1. The Bertz CT molecular complexity index is 1820. The molecule has 1 amide bonds. The van der Waals surface area contributed by atoms with Crippen molar-refractivity contribution in [3.05, 3.63) is 78.8 Å². The number of fused-ring (bicyclic) bond motifs is 1. The Balaban J connectivity index is 1.41. The number of amides is 1. The van der Waals surface area contributed by atoms with Gasteiger partial charge in [-0.25, -0.2) is 26.7 Å². The maximum absolute atomic E-state index is 14.3. The fraction of sp³-hybridized carbons (Fsp3) is 0.214. The molecule has 5 rings (SSSR count). The third kappa shape index (κ3) is 5.93. The zero-order valence-corrected chi connectivity index (χ0v) is 23.4. The summed E-state index contributed by atoms with van der Waals surface area (Å²) in [5.41, 5.74) is 2.81. The Morgan fingerprint density at radius 1 is 1.02 bits per heavy atom. The molecule has 4 aromatic rings. The first kappa shape index (κ1) is 28.7. The van der Waals surface area contributed by atoms with Crippen LogP contribution in [0.5, 0.6) is 5.88 Å². The van der Waals surface area contributed by atoms with E-state index in [1.165, 1.54) is 38.4 Å². The lowest BCUT2D eigenvalue weighted by Crippen LogP contribution is -2.48. The van der Waals surface area contributed by atoms with E-state index in [9.17, 15) is 26.8 Å². The van der Waals surface area contributed by atoms with Gasteiger partial charge in [0.25, 0.3) is 10.0 Å². The third-order valence-electron chi connectivity index (χ3n) is 6.68. The Morgan fingerprint density at radius 3 is 2.48 bits per heavy atom. The molecule has 1 aromatic carbocycles. The molecule has 1 N–H and O–H groups in total. The molecule has 0 unspecified atom stereocenters. The van der Waals surface area contributed by atoms with Gasteiger partial charge >= 0.3 is 0 Å². The van der Waals surface area contributed by atoms with Crippen LogP contribution in [0, 0.1) is 11.6 Å². The minimum atomic E-state index is -4.44. The van der Waals surface area contributed by atoms with Crippen molar-refractivity contribution in [3.8, 4) is 17.0 Å². The van der Waals surface area contributed by atoms with Crippen LogP contribution in [0.4, 0.5) is 20.2 Å². The maximum atomic E-state index is 14.3. The van der Waals surface area contributed by atoms with Gasteiger partial charge in [-0.2, -0.15) is 5.10 Å². The number of carbonyl (C=O) groups is 2. The van der Waals surface area contributed by atoms with Crippen LogP contribution in [-0.2, 0) is 19.6 Å². The van der Waals surface area contributed by atoms with Crippen LogP contribution < -0.4 is 14.4 Å². The van der Waals surface area contributed by atoms with Gasteiger partial charge in [0, 0.05) is 68.0 Å². The number of ketones is 1. The summed E-state index contributed by atoms with van der Waals surface area (Å²) in [6, 6.07) is 7.42. The highest BCUT2D eigenvalue weighted by Gasteiger charge is 2.24. The van der Waals surface area contributed by atoms with Gasteiger partial charge in [-0.05, 0) is 43.3 Å². The maximum Gasteiger partial charge on any atom is 0.264 e. The summed E-state index contributed by atoms with van der Waals surface area (Å²) in [5.74, 6) is -2.59. The van der Waals surface area contributed by atoms with Crippen LogP contribution in [-0.4, -0.2) is 72.9 Å². The first-order valence-electron chi connectivity index (χ1n) is 12.8. The average molecular weight is 597 g/mol. The Labute approximate surface area is 240 Å². The number of halogens is 2.